The number of unbranched alkanes of at least 4 members (excludes halogenated alkanes) is 1. The van der Waals surface area contributed by atoms with Crippen molar-refractivity contribution >= 4 is 23.4 Å². The highest BCUT2D eigenvalue weighted by Gasteiger charge is 2.44. The molecule has 2 aromatic rings. The average Bonchev–Trinajstić information content (AvgIpc) is 3.15. The summed E-state index contributed by atoms with van der Waals surface area (Å²) in [6, 6.07) is 12.8. The number of hydrogen-bond acceptors (Lipinski definition) is 4. The number of amides is 3. The summed E-state index contributed by atoms with van der Waals surface area (Å²) in [6.07, 6.45) is 1.95. The molecular formula is C26H33N3O4. The fraction of sp³-hybridized carbons (Fsp3) is 0.423. The predicted octanol–water partition coefficient (Wildman–Crippen LogP) is 3.76. The van der Waals surface area contributed by atoms with Gasteiger partial charge in [-0.25, -0.2) is 0 Å². The molecule has 2 unspecified atom stereocenters. The van der Waals surface area contributed by atoms with Gasteiger partial charge in [-0.15, -0.1) is 0 Å². The summed E-state index contributed by atoms with van der Waals surface area (Å²) >= 11 is 0. The number of likely N-dealkylation sites (tertiary alicyclic amines) is 1. The van der Waals surface area contributed by atoms with Crippen LogP contribution in [0.1, 0.15) is 48.9 Å². The number of carbonyl (C=O) groups excluding carboxylic acids is 3. The molecule has 1 saturated heterocycles. The van der Waals surface area contributed by atoms with Crippen molar-refractivity contribution in [2.24, 2.45) is 5.92 Å². The van der Waals surface area contributed by atoms with Crippen LogP contribution in [-0.2, 0) is 14.4 Å². The quantitative estimate of drug-likeness (QED) is 0.608. The molecule has 3 amide bonds. The molecule has 1 aliphatic heterocycles. The van der Waals surface area contributed by atoms with Gasteiger partial charge in [-0.3, -0.25) is 14.4 Å². The van der Waals surface area contributed by atoms with Crippen molar-refractivity contribution in [2.75, 3.05) is 25.5 Å². The number of carbonyl (C=O) groups is 3. The Hall–Kier alpha value is -3.35. The van der Waals surface area contributed by atoms with Gasteiger partial charge in [0.2, 0.25) is 17.7 Å². The molecule has 2 aromatic carbocycles. The van der Waals surface area contributed by atoms with Crippen LogP contribution in [0.15, 0.2) is 42.5 Å². The number of ether oxygens (including phenoxy) is 1. The van der Waals surface area contributed by atoms with E-state index in [9.17, 15) is 14.4 Å². The van der Waals surface area contributed by atoms with E-state index in [1.165, 1.54) is 0 Å². The molecule has 0 bridgehead atoms. The summed E-state index contributed by atoms with van der Waals surface area (Å²) in [5.74, 6) is -0.475. The van der Waals surface area contributed by atoms with E-state index in [-0.39, 0.29) is 36.7 Å². The fourth-order valence-electron chi connectivity index (χ4n) is 4.21. The summed E-state index contributed by atoms with van der Waals surface area (Å²) in [4.78, 5) is 40.2. The van der Waals surface area contributed by atoms with Crippen LogP contribution < -0.4 is 15.4 Å². The number of benzene rings is 2. The van der Waals surface area contributed by atoms with Crippen LogP contribution >= 0.6 is 0 Å². The molecule has 33 heavy (non-hydrogen) atoms. The number of rotatable bonds is 9. The van der Waals surface area contributed by atoms with Crippen LogP contribution in [0.2, 0.25) is 0 Å². The predicted molar refractivity (Wildman–Crippen MR) is 128 cm³/mol. The van der Waals surface area contributed by atoms with Crippen molar-refractivity contribution in [3.05, 3.63) is 59.2 Å². The van der Waals surface area contributed by atoms with Gasteiger partial charge < -0.3 is 20.3 Å². The van der Waals surface area contributed by atoms with Gasteiger partial charge in [0.15, 0.2) is 0 Å². The smallest absolute Gasteiger partial charge is 0.243 e. The third-order valence-electron chi connectivity index (χ3n) is 6.28. The van der Waals surface area contributed by atoms with Crippen LogP contribution in [-0.4, -0.2) is 42.8 Å². The Morgan fingerprint density at radius 2 is 1.85 bits per heavy atom. The number of methoxy groups -OCH3 is 1. The zero-order valence-electron chi connectivity index (χ0n) is 19.8. The Labute approximate surface area is 195 Å². The minimum atomic E-state index is -0.559. The number of aryl methyl sites for hydroxylation is 1. The van der Waals surface area contributed by atoms with Gasteiger partial charge in [-0.2, -0.15) is 0 Å². The maximum absolute atomic E-state index is 13.1. The lowest BCUT2D eigenvalue weighted by atomic mass is 9.92. The van der Waals surface area contributed by atoms with E-state index in [0.29, 0.717) is 12.3 Å². The van der Waals surface area contributed by atoms with E-state index >= 15 is 0 Å². The Morgan fingerprint density at radius 3 is 2.52 bits per heavy atom. The number of anilines is 1. The lowest BCUT2D eigenvalue weighted by Gasteiger charge is -2.28. The Morgan fingerprint density at radius 1 is 1.12 bits per heavy atom. The molecule has 0 spiro atoms. The second-order valence-corrected chi connectivity index (χ2v) is 8.48. The Kier molecular flexibility index (Phi) is 8.09. The van der Waals surface area contributed by atoms with E-state index in [2.05, 4.69) is 17.6 Å². The van der Waals surface area contributed by atoms with Crippen molar-refractivity contribution in [2.45, 2.75) is 46.1 Å². The van der Waals surface area contributed by atoms with Gasteiger partial charge in [0, 0.05) is 18.7 Å². The van der Waals surface area contributed by atoms with Gasteiger partial charge in [0.1, 0.15) is 5.75 Å². The molecule has 2 atom stereocenters. The van der Waals surface area contributed by atoms with Crippen LogP contribution in [0.4, 0.5) is 5.69 Å². The van der Waals surface area contributed by atoms with Crippen LogP contribution in [0.25, 0.3) is 0 Å². The number of nitrogens with one attached hydrogen (secondary N) is 2. The van der Waals surface area contributed by atoms with Crippen LogP contribution in [0, 0.1) is 19.8 Å². The lowest BCUT2D eigenvalue weighted by molar-refractivity contribution is -0.129. The van der Waals surface area contributed by atoms with E-state index < -0.39 is 5.92 Å². The zero-order valence-corrected chi connectivity index (χ0v) is 19.8. The van der Waals surface area contributed by atoms with E-state index in [4.69, 9.17) is 4.74 Å². The Bertz CT molecular complexity index is 1000. The maximum atomic E-state index is 13.1. The highest BCUT2D eigenvalue weighted by Crippen LogP contribution is 2.39. The Balaban J connectivity index is 1.71. The third-order valence-corrected chi connectivity index (χ3v) is 6.28. The summed E-state index contributed by atoms with van der Waals surface area (Å²) in [5, 5.41) is 5.60. The maximum Gasteiger partial charge on any atom is 0.243 e. The van der Waals surface area contributed by atoms with Crippen LogP contribution in [0.5, 0.6) is 5.75 Å². The highest BCUT2D eigenvalue weighted by molar-refractivity contribution is 5.97. The molecule has 0 saturated carbocycles. The molecule has 176 valence electrons. The van der Waals surface area contributed by atoms with Crippen molar-refractivity contribution < 1.29 is 19.1 Å². The molecule has 2 N–H and O–H groups in total. The molecule has 0 aromatic heterocycles. The topological polar surface area (TPSA) is 87.7 Å². The largest absolute Gasteiger partial charge is 0.497 e. The zero-order chi connectivity index (χ0) is 24.0. The average molecular weight is 452 g/mol. The summed E-state index contributed by atoms with van der Waals surface area (Å²) in [7, 11) is 1.60. The van der Waals surface area contributed by atoms with Crippen molar-refractivity contribution in [3.63, 3.8) is 0 Å². The number of nitrogens with zero attached hydrogens (tertiary/aromatic N) is 1. The minimum Gasteiger partial charge on any atom is -0.497 e. The standard InChI is InChI=1S/C26H33N3O4/c1-5-6-14-29-24(31)15-21(25(29)19-10-12-20(33-4)13-11-19)26(32)27-16-23(30)28-22-9-7-8-17(2)18(22)3/h7-13,21,25H,5-6,14-16H2,1-4H3,(H,27,32)(H,28,30). The fourth-order valence-corrected chi connectivity index (χ4v) is 4.21. The molecule has 0 aliphatic carbocycles. The molecular weight excluding hydrogens is 418 g/mol. The van der Waals surface area contributed by atoms with Gasteiger partial charge >= 0.3 is 0 Å². The first kappa shape index (κ1) is 24.3. The molecule has 1 fully saturated rings. The lowest BCUT2D eigenvalue weighted by Crippen LogP contribution is -2.39. The normalized spacial score (nSPS) is 17.7. The first-order valence-electron chi connectivity index (χ1n) is 11.4. The second-order valence-electron chi connectivity index (χ2n) is 8.48. The molecule has 1 aliphatic rings. The van der Waals surface area contributed by atoms with E-state index in [0.717, 1.165) is 35.2 Å². The molecule has 0 radical (unpaired) electrons. The van der Waals surface area contributed by atoms with Gasteiger partial charge in [0.05, 0.1) is 25.6 Å². The van der Waals surface area contributed by atoms with Crippen molar-refractivity contribution in [1.82, 2.24) is 10.2 Å². The highest BCUT2D eigenvalue weighted by atomic mass is 16.5. The monoisotopic (exact) mass is 451 g/mol. The molecule has 1 heterocycles. The van der Waals surface area contributed by atoms with Crippen molar-refractivity contribution in [1.29, 1.82) is 0 Å². The van der Waals surface area contributed by atoms with Gasteiger partial charge in [0.25, 0.3) is 0 Å². The number of hydrogen-bond donors (Lipinski definition) is 2. The third kappa shape index (κ3) is 5.72. The summed E-state index contributed by atoms with van der Waals surface area (Å²) < 4.78 is 5.24. The summed E-state index contributed by atoms with van der Waals surface area (Å²) in [6.45, 7) is 6.44. The first-order valence-corrected chi connectivity index (χ1v) is 11.4. The van der Waals surface area contributed by atoms with E-state index in [1.807, 2.05) is 56.3 Å². The molecule has 3 rings (SSSR count). The van der Waals surface area contributed by atoms with E-state index in [1.54, 1.807) is 12.0 Å². The van der Waals surface area contributed by atoms with Crippen molar-refractivity contribution in [3.8, 4) is 5.75 Å². The first-order chi connectivity index (χ1) is 15.8. The second kappa shape index (κ2) is 11.0. The molecule has 7 heteroatoms. The van der Waals surface area contributed by atoms with Gasteiger partial charge in [-0.1, -0.05) is 37.6 Å². The minimum absolute atomic E-state index is 0.0377. The summed E-state index contributed by atoms with van der Waals surface area (Å²) in [5.41, 5.74) is 3.69. The van der Waals surface area contributed by atoms with Gasteiger partial charge in [-0.05, 0) is 55.2 Å². The SMILES string of the molecule is CCCCN1C(=O)CC(C(=O)NCC(=O)Nc2cccc(C)c2C)C1c1ccc(OC)cc1. The van der Waals surface area contributed by atoms with Crippen LogP contribution in [0.3, 0.4) is 0 Å². The molecule has 7 nitrogen and oxygen atoms in total.